The molecule has 1 aromatic carbocycles. The van der Waals surface area contributed by atoms with E-state index >= 15 is 0 Å². The fourth-order valence-corrected chi connectivity index (χ4v) is 3.64. The average molecular weight is 376 g/mol. The van der Waals surface area contributed by atoms with Gasteiger partial charge in [-0.2, -0.15) is 5.10 Å². The van der Waals surface area contributed by atoms with Crippen molar-refractivity contribution >= 4 is 34.9 Å². The van der Waals surface area contributed by atoms with Crippen LogP contribution in [0.15, 0.2) is 24.4 Å². The highest BCUT2D eigenvalue weighted by Gasteiger charge is 2.43. The largest absolute Gasteiger partial charge is 0.345 e. The van der Waals surface area contributed by atoms with Crippen molar-refractivity contribution in [1.29, 1.82) is 0 Å². The summed E-state index contributed by atoms with van der Waals surface area (Å²) in [5.41, 5.74) is 1.70. The van der Waals surface area contributed by atoms with E-state index in [9.17, 15) is 9.59 Å². The first kappa shape index (κ1) is 17.5. The van der Waals surface area contributed by atoms with Crippen molar-refractivity contribution < 1.29 is 9.59 Å². The zero-order valence-corrected chi connectivity index (χ0v) is 15.1. The highest BCUT2D eigenvalue weighted by Crippen LogP contribution is 2.36. The van der Waals surface area contributed by atoms with E-state index in [0.29, 0.717) is 17.5 Å². The second-order valence-corrected chi connectivity index (χ2v) is 6.62. The minimum atomic E-state index is -1.02. The third-order valence-electron chi connectivity index (χ3n) is 4.03. The number of hydrogen-bond acceptors (Lipinski definition) is 3. The molecule has 2 atom stereocenters. The number of nitrogens with one attached hydrogen (secondary N) is 1. The Hall–Kier alpha value is -2.29. The van der Waals surface area contributed by atoms with Gasteiger partial charge in [0.2, 0.25) is 5.91 Å². The van der Waals surface area contributed by atoms with Crippen LogP contribution in [0, 0.1) is 11.8 Å². The van der Waals surface area contributed by atoms with Crippen molar-refractivity contribution in [1.82, 2.24) is 15.1 Å². The number of nitrogens with zero attached hydrogens (tertiary/aromatic N) is 2. The summed E-state index contributed by atoms with van der Waals surface area (Å²) in [6, 6.07) is 4.40. The fraction of sp³-hybridized carbons (Fsp3) is 0.278. The van der Waals surface area contributed by atoms with Crippen LogP contribution in [0.25, 0.3) is 0 Å². The van der Waals surface area contributed by atoms with Gasteiger partial charge in [0.25, 0.3) is 0 Å². The average Bonchev–Trinajstić information content (AvgIpc) is 3.05. The number of Topliss-reactive ketones (excluding diaryl/α,β-unsaturated/α-hetero) is 1. The standard InChI is InChI=1S/C18H15Cl2N3O2/c1-3-4-10-7-12(19)15(13(20)8-10)16-17(24)14(21-18(16)25)9-11-5-6-23(2)22-11/h5-8,14,16H,9H2,1-2H3,(H,21,25). The molecule has 1 aliphatic rings. The van der Waals surface area contributed by atoms with E-state index in [1.165, 1.54) is 0 Å². The van der Waals surface area contributed by atoms with Crippen LogP contribution in [0.4, 0.5) is 0 Å². The number of amides is 1. The van der Waals surface area contributed by atoms with E-state index in [1.54, 1.807) is 37.0 Å². The van der Waals surface area contributed by atoms with Crippen LogP contribution in [0.5, 0.6) is 0 Å². The first-order valence-electron chi connectivity index (χ1n) is 7.65. The molecular formula is C18H15Cl2N3O2. The second-order valence-electron chi connectivity index (χ2n) is 5.81. The van der Waals surface area contributed by atoms with Gasteiger partial charge in [0.1, 0.15) is 5.92 Å². The van der Waals surface area contributed by atoms with E-state index in [2.05, 4.69) is 22.3 Å². The number of rotatable bonds is 3. The maximum absolute atomic E-state index is 12.8. The van der Waals surface area contributed by atoms with Crippen LogP contribution in [0.3, 0.4) is 0 Å². The molecule has 0 radical (unpaired) electrons. The molecule has 0 aliphatic carbocycles. The Kier molecular flexibility index (Phi) is 4.85. The summed E-state index contributed by atoms with van der Waals surface area (Å²) in [7, 11) is 1.79. The van der Waals surface area contributed by atoms with Gasteiger partial charge in [0.05, 0.1) is 11.7 Å². The van der Waals surface area contributed by atoms with Gasteiger partial charge in [0, 0.05) is 40.8 Å². The highest BCUT2D eigenvalue weighted by atomic mass is 35.5. The van der Waals surface area contributed by atoms with Gasteiger partial charge >= 0.3 is 0 Å². The number of carbonyl (C=O) groups excluding carboxylic acids is 2. The van der Waals surface area contributed by atoms with E-state index < -0.39 is 17.9 Å². The fourth-order valence-electron chi connectivity index (χ4n) is 2.94. The van der Waals surface area contributed by atoms with E-state index in [4.69, 9.17) is 23.2 Å². The summed E-state index contributed by atoms with van der Waals surface area (Å²) < 4.78 is 1.65. The Morgan fingerprint density at radius 1 is 1.28 bits per heavy atom. The molecule has 1 aliphatic heterocycles. The number of hydrogen-bond donors (Lipinski definition) is 1. The predicted molar refractivity (Wildman–Crippen MR) is 95.6 cm³/mol. The van der Waals surface area contributed by atoms with Crippen LogP contribution in [0.2, 0.25) is 10.0 Å². The number of aryl methyl sites for hydroxylation is 1. The molecule has 5 nitrogen and oxygen atoms in total. The van der Waals surface area contributed by atoms with Crippen LogP contribution in [0.1, 0.15) is 29.7 Å². The Morgan fingerprint density at radius 3 is 2.52 bits per heavy atom. The number of carbonyl (C=O) groups is 2. The van der Waals surface area contributed by atoms with Crippen molar-refractivity contribution in [2.75, 3.05) is 0 Å². The SMILES string of the molecule is CC#Cc1cc(Cl)c(C2C(=O)NC(Cc3ccn(C)n3)C2=O)c(Cl)c1. The normalized spacial score (nSPS) is 19.5. The highest BCUT2D eigenvalue weighted by molar-refractivity contribution is 6.37. The maximum atomic E-state index is 12.8. The molecule has 3 rings (SSSR count). The molecule has 1 amide bonds. The molecule has 7 heteroatoms. The molecule has 0 bridgehead atoms. The van der Waals surface area contributed by atoms with Crippen LogP contribution < -0.4 is 5.32 Å². The lowest BCUT2D eigenvalue weighted by atomic mass is 9.92. The van der Waals surface area contributed by atoms with Crippen molar-refractivity contribution in [3.05, 3.63) is 51.3 Å². The zero-order valence-electron chi connectivity index (χ0n) is 13.6. The molecule has 2 heterocycles. The number of ketones is 1. The quantitative estimate of drug-likeness (QED) is 0.661. The van der Waals surface area contributed by atoms with Gasteiger partial charge in [-0.3, -0.25) is 14.3 Å². The lowest BCUT2D eigenvalue weighted by molar-refractivity contribution is -0.124. The Labute approximate surface area is 155 Å². The molecule has 1 fully saturated rings. The van der Waals surface area contributed by atoms with Crippen molar-refractivity contribution in [3.8, 4) is 11.8 Å². The van der Waals surface area contributed by atoms with Crippen LogP contribution in [-0.2, 0) is 23.1 Å². The van der Waals surface area contributed by atoms with E-state index in [1.807, 2.05) is 6.07 Å². The van der Waals surface area contributed by atoms with Crippen LogP contribution >= 0.6 is 23.2 Å². The first-order chi connectivity index (χ1) is 11.9. The van der Waals surface area contributed by atoms with Gasteiger partial charge in [0.15, 0.2) is 5.78 Å². The molecule has 0 saturated carbocycles. The van der Waals surface area contributed by atoms with Gasteiger partial charge in [-0.15, -0.1) is 5.92 Å². The zero-order chi connectivity index (χ0) is 18.1. The van der Waals surface area contributed by atoms with Gasteiger partial charge in [-0.1, -0.05) is 29.1 Å². The van der Waals surface area contributed by atoms with Gasteiger partial charge in [-0.25, -0.2) is 0 Å². The minimum absolute atomic E-state index is 0.256. The molecule has 2 aromatic rings. The lowest BCUT2D eigenvalue weighted by Gasteiger charge is -2.12. The summed E-state index contributed by atoms with van der Waals surface area (Å²) in [5, 5.41) is 7.49. The lowest BCUT2D eigenvalue weighted by Crippen LogP contribution is -2.31. The summed E-state index contributed by atoms with van der Waals surface area (Å²) in [4.78, 5) is 25.2. The molecule has 1 aromatic heterocycles. The summed E-state index contributed by atoms with van der Waals surface area (Å²) >= 11 is 12.6. The summed E-state index contributed by atoms with van der Waals surface area (Å²) in [6.45, 7) is 1.70. The summed E-state index contributed by atoms with van der Waals surface area (Å²) in [6.07, 6.45) is 2.12. The predicted octanol–water partition coefficient (Wildman–Crippen LogP) is 2.49. The van der Waals surface area contributed by atoms with Gasteiger partial charge in [-0.05, 0) is 25.1 Å². The monoisotopic (exact) mass is 375 g/mol. The maximum Gasteiger partial charge on any atom is 0.235 e. The molecule has 128 valence electrons. The minimum Gasteiger partial charge on any atom is -0.345 e. The first-order valence-corrected chi connectivity index (χ1v) is 8.40. The Morgan fingerprint density at radius 2 is 1.96 bits per heavy atom. The molecule has 1 saturated heterocycles. The molecule has 25 heavy (non-hydrogen) atoms. The molecular weight excluding hydrogens is 361 g/mol. The van der Waals surface area contributed by atoms with Crippen molar-refractivity contribution in [2.24, 2.45) is 7.05 Å². The third-order valence-corrected chi connectivity index (χ3v) is 4.65. The number of halogens is 2. The van der Waals surface area contributed by atoms with Gasteiger partial charge < -0.3 is 5.32 Å². The smallest absolute Gasteiger partial charge is 0.235 e. The van der Waals surface area contributed by atoms with Crippen LogP contribution in [-0.4, -0.2) is 27.5 Å². The van der Waals surface area contributed by atoms with E-state index in [0.717, 1.165) is 5.69 Å². The van der Waals surface area contributed by atoms with Crippen molar-refractivity contribution in [2.45, 2.75) is 25.3 Å². The number of aromatic nitrogens is 2. The summed E-state index contributed by atoms with van der Waals surface area (Å²) in [5.74, 6) is 3.95. The molecule has 2 unspecified atom stereocenters. The Balaban J connectivity index is 1.91. The topological polar surface area (TPSA) is 64.0 Å². The molecule has 1 N–H and O–H groups in total. The number of benzene rings is 1. The second kappa shape index (κ2) is 6.91. The molecule has 0 spiro atoms. The Bertz CT molecular complexity index is 901. The third kappa shape index (κ3) is 3.41. The van der Waals surface area contributed by atoms with E-state index in [-0.39, 0.29) is 15.8 Å². The van der Waals surface area contributed by atoms with Crippen molar-refractivity contribution in [3.63, 3.8) is 0 Å².